The fourth-order valence-corrected chi connectivity index (χ4v) is 4.93. The van der Waals surface area contributed by atoms with Gasteiger partial charge in [-0.1, -0.05) is 34.1 Å². The largest absolute Gasteiger partial charge is 0.381 e. The van der Waals surface area contributed by atoms with E-state index in [9.17, 15) is 4.79 Å². The highest BCUT2D eigenvalue weighted by Gasteiger charge is 2.50. The third-order valence-corrected chi connectivity index (χ3v) is 6.87. The number of halogens is 1. The molecule has 0 bridgehead atoms. The van der Waals surface area contributed by atoms with Crippen molar-refractivity contribution >= 4 is 21.8 Å². The van der Waals surface area contributed by atoms with Gasteiger partial charge in [-0.25, -0.2) is 0 Å². The molecule has 0 saturated carbocycles. The van der Waals surface area contributed by atoms with Gasteiger partial charge >= 0.3 is 0 Å². The van der Waals surface area contributed by atoms with E-state index in [0.29, 0.717) is 6.54 Å². The topological polar surface area (TPSA) is 54.5 Å². The van der Waals surface area contributed by atoms with E-state index in [-0.39, 0.29) is 17.2 Å². The minimum Gasteiger partial charge on any atom is -0.381 e. The summed E-state index contributed by atoms with van der Waals surface area (Å²) in [5.41, 5.74) is 2.36. The maximum absolute atomic E-state index is 13.2. The molecule has 2 aromatic rings. The van der Waals surface area contributed by atoms with Crippen molar-refractivity contribution < 1.29 is 9.53 Å². The van der Waals surface area contributed by atoms with Crippen molar-refractivity contribution in [3.63, 3.8) is 0 Å². The van der Waals surface area contributed by atoms with Crippen LogP contribution in [0.3, 0.4) is 0 Å². The molecular weight excluding hydrogens is 418 g/mol. The van der Waals surface area contributed by atoms with Gasteiger partial charge in [0.1, 0.15) is 0 Å². The number of hydrogen-bond acceptors (Lipinski definition) is 4. The Bertz CT molecular complexity index is 808. The van der Waals surface area contributed by atoms with Crippen molar-refractivity contribution in [1.82, 2.24) is 15.2 Å². The van der Waals surface area contributed by atoms with Crippen LogP contribution in [0.25, 0.3) is 0 Å². The first-order chi connectivity index (χ1) is 13.7. The summed E-state index contributed by atoms with van der Waals surface area (Å²) in [5.74, 6) is 0.161. The van der Waals surface area contributed by atoms with Gasteiger partial charge in [0.2, 0.25) is 5.91 Å². The number of pyridine rings is 1. The van der Waals surface area contributed by atoms with Crippen LogP contribution in [0.2, 0.25) is 0 Å². The fourth-order valence-electron chi connectivity index (χ4n) is 4.52. The van der Waals surface area contributed by atoms with E-state index >= 15 is 0 Å². The third kappa shape index (κ3) is 4.29. The summed E-state index contributed by atoms with van der Waals surface area (Å²) >= 11 is 3.65. The van der Waals surface area contributed by atoms with Gasteiger partial charge < -0.3 is 10.1 Å². The summed E-state index contributed by atoms with van der Waals surface area (Å²) in [4.78, 5) is 19.6. The van der Waals surface area contributed by atoms with Gasteiger partial charge in [0.15, 0.2) is 0 Å². The van der Waals surface area contributed by atoms with Crippen molar-refractivity contribution in [2.75, 3.05) is 26.3 Å². The highest BCUT2D eigenvalue weighted by Crippen LogP contribution is 2.45. The number of ether oxygens (including phenoxy) is 1. The number of rotatable bonds is 5. The second kappa shape index (κ2) is 8.72. The normalized spacial score (nSPS) is 21.7. The molecule has 1 amide bonds. The Morgan fingerprint density at radius 2 is 1.96 bits per heavy atom. The molecule has 1 atom stereocenters. The monoisotopic (exact) mass is 443 g/mol. The minimum atomic E-state index is 0.000671. The van der Waals surface area contributed by atoms with Gasteiger partial charge in [-0.05, 0) is 42.2 Å². The Kier molecular flexibility index (Phi) is 6.09. The average Bonchev–Trinajstić information content (AvgIpc) is 3.06. The van der Waals surface area contributed by atoms with Gasteiger partial charge in [-0.3, -0.25) is 14.7 Å². The second-order valence-electron chi connectivity index (χ2n) is 7.86. The van der Waals surface area contributed by atoms with Crippen LogP contribution in [-0.4, -0.2) is 42.1 Å². The number of nitrogens with one attached hydrogen (secondary N) is 1. The number of amides is 1. The van der Waals surface area contributed by atoms with Gasteiger partial charge in [-0.15, -0.1) is 0 Å². The zero-order valence-corrected chi connectivity index (χ0v) is 17.5. The molecule has 4 rings (SSSR count). The first-order valence-electron chi connectivity index (χ1n) is 9.86. The lowest BCUT2D eigenvalue weighted by Crippen LogP contribution is -2.44. The summed E-state index contributed by atoms with van der Waals surface area (Å²) in [6.45, 7) is 4.65. The van der Waals surface area contributed by atoms with E-state index in [4.69, 9.17) is 4.74 Å². The van der Waals surface area contributed by atoms with Crippen LogP contribution in [0.5, 0.6) is 0 Å². The Morgan fingerprint density at radius 1 is 1.21 bits per heavy atom. The Labute approximate surface area is 174 Å². The number of aromatic nitrogens is 1. The lowest BCUT2D eigenvalue weighted by Gasteiger charge is -2.37. The molecular formula is C22H26BrN3O2. The minimum absolute atomic E-state index is 0.000671. The molecule has 1 aromatic heterocycles. The highest BCUT2D eigenvalue weighted by atomic mass is 79.9. The maximum Gasteiger partial charge on any atom is 0.225 e. The summed E-state index contributed by atoms with van der Waals surface area (Å²) in [6.07, 6.45) is 5.42. The van der Waals surface area contributed by atoms with Gasteiger partial charge in [0, 0.05) is 61.7 Å². The summed E-state index contributed by atoms with van der Waals surface area (Å²) in [5, 5.41) is 3.16. The molecule has 2 fully saturated rings. The second-order valence-corrected chi connectivity index (χ2v) is 8.72. The number of benzene rings is 1. The van der Waals surface area contributed by atoms with Crippen molar-refractivity contribution in [3.8, 4) is 0 Å². The van der Waals surface area contributed by atoms with E-state index in [0.717, 1.165) is 55.7 Å². The maximum atomic E-state index is 13.2. The summed E-state index contributed by atoms with van der Waals surface area (Å²) in [6, 6.07) is 12.2. The van der Waals surface area contributed by atoms with Gasteiger partial charge in [-0.2, -0.15) is 0 Å². The van der Waals surface area contributed by atoms with E-state index in [2.05, 4.69) is 49.3 Å². The first kappa shape index (κ1) is 19.6. The number of carbonyl (C=O) groups excluding carboxylic acids is 1. The Hall–Kier alpha value is -1.76. The SMILES string of the molecule is O=C(NCc1ccncc1)C1CN(Cc2ccccc2Br)CC12CCOCC2. The molecule has 6 heteroatoms. The molecule has 1 unspecified atom stereocenters. The summed E-state index contributed by atoms with van der Waals surface area (Å²) < 4.78 is 6.75. The number of carbonyl (C=O) groups is 1. The first-order valence-corrected chi connectivity index (χ1v) is 10.7. The number of nitrogens with zero attached hydrogens (tertiary/aromatic N) is 2. The van der Waals surface area contributed by atoms with E-state index in [1.54, 1.807) is 12.4 Å². The van der Waals surface area contributed by atoms with Crippen LogP contribution in [-0.2, 0) is 22.6 Å². The standard InChI is InChI=1S/C22H26BrN3O2/c23-20-4-2-1-3-18(20)14-26-15-19(22(16-26)7-11-28-12-8-22)21(27)25-13-17-5-9-24-10-6-17/h1-6,9-10,19H,7-8,11-16H2,(H,25,27). The van der Waals surface area contributed by atoms with Crippen LogP contribution in [0, 0.1) is 11.3 Å². The third-order valence-electron chi connectivity index (χ3n) is 6.09. The molecule has 1 spiro atoms. The molecule has 28 heavy (non-hydrogen) atoms. The molecule has 1 N–H and O–H groups in total. The van der Waals surface area contributed by atoms with Crippen LogP contribution in [0.4, 0.5) is 0 Å². The molecule has 2 aliphatic rings. The lowest BCUT2D eigenvalue weighted by molar-refractivity contribution is -0.130. The van der Waals surface area contributed by atoms with E-state index in [1.165, 1.54) is 5.56 Å². The average molecular weight is 444 g/mol. The predicted molar refractivity (Wildman–Crippen MR) is 111 cm³/mol. The Morgan fingerprint density at radius 3 is 2.71 bits per heavy atom. The smallest absolute Gasteiger partial charge is 0.225 e. The zero-order chi connectivity index (χ0) is 19.4. The molecule has 0 aliphatic carbocycles. The molecule has 3 heterocycles. The molecule has 0 radical (unpaired) electrons. The molecule has 5 nitrogen and oxygen atoms in total. The molecule has 1 aromatic carbocycles. The van der Waals surface area contributed by atoms with Crippen molar-refractivity contribution in [1.29, 1.82) is 0 Å². The fraction of sp³-hybridized carbons (Fsp3) is 0.455. The Balaban J connectivity index is 1.47. The lowest BCUT2D eigenvalue weighted by atomic mass is 9.71. The van der Waals surface area contributed by atoms with E-state index < -0.39 is 0 Å². The van der Waals surface area contributed by atoms with Crippen LogP contribution in [0.1, 0.15) is 24.0 Å². The van der Waals surface area contributed by atoms with Crippen molar-refractivity contribution in [2.45, 2.75) is 25.9 Å². The highest BCUT2D eigenvalue weighted by molar-refractivity contribution is 9.10. The molecule has 2 aliphatic heterocycles. The molecule has 148 valence electrons. The summed E-state index contributed by atoms with van der Waals surface area (Å²) in [7, 11) is 0. The van der Waals surface area contributed by atoms with Crippen LogP contribution >= 0.6 is 15.9 Å². The quantitative estimate of drug-likeness (QED) is 0.769. The van der Waals surface area contributed by atoms with Crippen molar-refractivity contribution in [3.05, 3.63) is 64.4 Å². The van der Waals surface area contributed by atoms with Crippen LogP contribution in [0.15, 0.2) is 53.3 Å². The van der Waals surface area contributed by atoms with Crippen LogP contribution < -0.4 is 5.32 Å². The zero-order valence-electron chi connectivity index (χ0n) is 15.9. The number of hydrogen-bond donors (Lipinski definition) is 1. The molecule has 2 saturated heterocycles. The van der Waals surface area contributed by atoms with Crippen molar-refractivity contribution in [2.24, 2.45) is 11.3 Å². The predicted octanol–water partition coefficient (Wildman–Crippen LogP) is 3.39. The van der Waals surface area contributed by atoms with Gasteiger partial charge in [0.05, 0.1) is 5.92 Å². The van der Waals surface area contributed by atoms with E-state index in [1.807, 2.05) is 18.2 Å². The van der Waals surface area contributed by atoms with Gasteiger partial charge in [0.25, 0.3) is 0 Å². The number of likely N-dealkylation sites (tertiary alicyclic amines) is 1.